The number of carbonyl (C=O) groups is 1. The summed E-state index contributed by atoms with van der Waals surface area (Å²) in [7, 11) is 0. The number of aromatic nitrogens is 3. The van der Waals surface area contributed by atoms with Gasteiger partial charge in [0.2, 0.25) is 5.91 Å². The van der Waals surface area contributed by atoms with E-state index in [2.05, 4.69) is 20.5 Å². The molecule has 2 aromatic heterocycles. The fourth-order valence-corrected chi connectivity index (χ4v) is 2.92. The summed E-state index contributed by atoms with van der Waals surface area (Å²) < 4.78 is 0. The molecular formula is C18H15ClN4OS. The summed E-state index contributed by atoms with van der Waals surface area (Å²) in [5, 5.41) is 12.5. The molecular weight excluding hydrogens is 356 g/mol. The quantitative estimate of drug-likeness (QED) is 0.671. The number of thioether (sulfide) groups is 1. The minimum atomic E-state index is -0.0828. The standard InChI is InChI=1S/C18H15ClN4OS/c19-14-6-2-1-5-13(14)11-21-17(24)12-25-18-9-8-16(22-23-18)15-7-3-4-10-20-15/h1-10H,11-12H2,(H,21,24). The van der Waals surface area contributed by atoms with Crippen molar-refractivity contribution in [3.05, 3.63) is 71.4 Å². The van der Waals surface area contributed by atoms with E-state index in [1.165, 1.54) is 11.8 Å². The van der Waals surface area contributed by atoms with Gasteiger partial charge in [-0.3, -0.25) is 9.78 Å². The molecule has 126 valence electrons. The highest BCUT2D eigenvalue weighted by atomic mass is 35.5. The molecule has 3 aromatic rings. The Kier molecular flexibility index (Phi) is 5.98. The molecule has 3 rings (SSSR count). The molecule has 0 atom stereocenters. The van der Waals surface area contributed by atoms with Crippen LogP contribution in [0.4, 0.5) is 0 Å². The third-order valence-corrected chi connectivity index (χ3v) is 4.64. The summed E-state index contributed by atoms with van der Waals surface area (Å²) in [6.45, 7) is 0.406. The summed E-state index contributed by atoms with van der Waals surface area (Å²) in [6, 6.07) is 16.7. The summed E-state index contributed by atoms with van der Waals surface area (Å²) >= 11 is 7.40. The number of nitrogens with zero attached hydrogens (tertiary/aromatic N) is 3. The zero-order valence-electron chi connectivity index (χ0n) is 13.2. The molecule has 0 aliphatic rings. The third-order valence-electron chi connectivity index (χ3n) is 3.35. The minimum Gasteiger partial charge on any atom is -0.351 e. The molecule has 1 amide bonds. The lowest BCUT2D eigenvalue weighted by atomic mass is 10.2. The predicted molar refractivity (Wildman–Crippen MR) is 99.3 cm³/mol. The van der Waals surface area contributed by atoms with Crippen LogP contribution < -0.4 is 5.32 Å². The first kappa shape index (κ1) is 17.4. The van der Waals surface area contributed by atoms with E-state index in [-0.39, 0.29) is 11.7 Å². The minimum absolute atomic E-state index is 0.0828. The van der Waals surface area contributed by atoms with Gasteiger partial charge in [-0.25, -0.2) is 0 Å². The topological polar surface area (TPSA) is 67.8 Å². The second-order valence-electron chi connectivity index (χ2n) is 5.13. The van der Waals surface area contributed by atoms with Crippen molar-refractivity contribution in [2.75, 3.05) is 5.75 Å². The number of hydrogen-bond acceptors (Lipinski definition) is 5. The molecule has 0 radical (unpaired) electrons. The van der Waals surface area contributed by atoms with Gasteiger partial charge in [-0.1, -0.05) is 47.6 Å². The Morgan fingerprint density at radius 1 is 1.00 bits per heavy atom. The lowest BCUT2D eigenvalue weighted by molar-refractivity contribution is -0.118. The molecule has 25 heavy (non-hydrogen) atoms. The molecule has 0 saturated carbocycles. The highest BCUT2D eigenvalue weighted by Crippen LogP contribution is 2.18. The lowest BCUT2D eigenvalue weighted by Crippen LogP contribution is -2.24. The number of rotatable bonds is 6. The van der Waals surface area contributed by atoms with E-state index in [4.69, 9.17) is 11.6 Å². The first-order valence-electron chi connectivity index (χ1n) is 7.60. The maximum Gasteiger partial charge on any atom is 0.230 e. The highest BCUT2D eigenvalue weighted by molar-refractivity contribution is 7.99. The van der Waals surface area contributed by atoms with E-state index < -0.39 is 0 Å². The van der Waals surface area contributed by atoms with E-state index in [9.17, 15) is 4.79 Å². The Hall–Kier alpha value is -2.44. The van der Waals surface area contributed by atoms with Gasteiger partial charge in [0.15, 0.2) is 0 Å². The number of amides is 1. The predicted octanol–water partition coefficient (Wildman–Crippen LogP) is 3.60. The van der Waals surface area contributed by atoms with Gasteiger partial charge < -0.3 is 5.32 Å². The second-order valence-corrected chi connectivity index (χ2v) is 6.53. The molecule has 5 nitrogen and oxygen atoms in total. The Morgan fingerprint density at radius 3 is 2.56 bits per heavy atom. The largest absolute Gasteiger partial charge is 0.351 e. The molecule has 0 fully saturated rings. The van der Waals surface area contributed by atoms with Crippen LogP contribution in [0.2, 0.25) is 5.02 Å². The average molecular weight is 371 g/mol. The fraction of sp³-hybridized carbons (Fsp3) is 0.111. The van der Waals surface area contributed by atoms with Crippen LogP contribution in [0.15, 0.2) is 65.8 Å². The maximum atomic E-state index is 12.0. The Bertz CT molecular complexity index is 843. The highest BCUT2D eigenvalue weighted by Gasteiger charge is 2.07. The van der Waals surface area contributed by atoms with Crippen molar-refractivity contribution in [3.8, 4) is 11.4 Å². The summed E-state index contributed by atoms with van der Waals surface area (Å²) in [4.78, 5) is 16.2. The van der Waals surface area contributed by atoms with Crippen molar-refractivity contribution in [2.45, 2.75) is 11.6 Å². The molecule has 2 heterocycles. The van der Waals surface area contributed by atoms with Gasteiger partial charge in [0, 0.05) is 17.8 Å². The van der Waals surface area contributed by atoms with E-state index in [0.717, 1.165) is 11.3 Å². The van der Waals surface area contributed by atoms with Gasteiger partial charge in [-0.15, -0.1) is 10.2 Å². The molecule has 0 unspecified atom stereocenters. The number of benzene rings is 1. The first-order chi connectivity index (χ1) is 12.2. The molecule has 0 bridgehead atoms. The van der Waals surface area contributed by atoms with Crippen LogP contribution in [-0.4, -0.2) is 26.8 Å². The number of halogens is 1. The zero-order valence-corrected chi connectivity index (χ0v) is 14.8. The van der Waals surface area contributed by atoms with Crippen LogP contribution in [-0.2, 0) is 11.3 Å². The summed E-state index contributed by atoms with van der Waals surface area (Å²) in [5.41, 5.74) is 2.36. The molecule has 1 N–H and O–H groups in total. The number of nitrogens with one attached hydrogen (secondary N) is 1. The summed E-state index contributed by atoms with van der Waals surface area (Å²) in [5.74, 6) is 0.183. The molecule has 0 spiro atoms. The van der Waals surface area contributed by atoms with Crippen LogP contribution in [0, 0.1) is 0 Å². The average Bonchev–Trinajstić information content (AvgIpc) is 2.67. The van der Waals surface area contributed by atoms with Crippen LogP contribution in [0.1, 0.15) is 5.56 Å². The molecule has 0 aliphatic carbocycles. The smallest absolute Gasteiger partial charge is 0.230 e. The van der Waals surface area contributed by atoms with Crippen molar-refractivity contribution in [3.63, 3.8) is 0 Å². The lowest BCUT2D eigenvalue weighted by Gasteiger charge is -2.06. The van der Waals surface area contributed by atoms with Crippen molar-refractivity contribution >= 4 is 29.3 Å². The van der Waals surface area contributed by atoms with E-state index in [1.807, 2.05) is 48.5 Å². The molecule has 7 heteroatoms. The van der Waals surface area contributed by atoms with Crippen LogP contribution >= 0.6 is 23.4 Å². The second kappa shape index (κ2) is 8.60. The SMILES string of the molecule is O=C(CSc1ccc(-c2ccccn2)nn1)NCc1ccccc1Cl. The Labute approximate surface area is 154 Å². The van der Waals surface area contributed by atoms with Gasteiger partial charge in [-0.2, -0.15) is 0 Å². The third kappa shape index (κ3) is 5.01. The van der Waals surface area contributed by atoms with Gasteiger partial charge in [0.25, 0.3) is 0 Å². The van der Waals surface area contributed by atoms with E-state index >= 15 is 0 Å². The van der Waals surface area contributed by atoms with Crippen LogP contribution in [0.3, 0.4) is 0 Å². The molecule has 1 aromatic carbocycles. The first-order valence-corrected chi connectivity index (χ1v) is 8.97. The van der Waals surface area contributed by atoms with Crippen molar-refractivity contribution in [1.82, 2.24) is 20.5 Å². The summed E-state index contributed by atoms with van der Waals surface area (Å²) in [6.07, 6.45) is 1.71. The van der Waals surface area contributed by atoms with Gasteiger partial charge in [0.1, 0.15) is 10.7 Å². The Morgan fingerprint density at radius 2 is 1.84 bits per heavy atom. The van der Waals surface area contributed by atoms with Gasteiger partial charge in [-0.05, 0) is 35.9 Å². The number of pyridine rings is 1. The van der Waals surface area contributed by atoms with Crippen molar-refractivity contribution in [1.29, 1.82) is 0 Å². The maximum absolute atomic E-state index is 12.0. The van der Waals surface area contributed by atoms with Crippen LogP contribution in [0.5, 0.6) is 0 Å². The van der Waals surface area contributed by atoms with Gasteiger partial charge >= 0.3 is 0 Å². The molecule has 0 saturated heterocycles. The monoisotopic (exact) mass is 370 g/mol. The van der Waals surface area contributed by atoms with Crippen LogP contribution in [0.25, 0.3) is 11.4 Å². The van der Waals surface area contributed by atoms with Gasteiger partial charge in [0.05, 0.1) is 11.4 Å². The molecule has 0 aliphatic heterocycles. The number of carbonyl (C=O) groups excluding carboxylic acids is 1. The zero-order chi connectivity index (χ0) is 17.5. The number of hydrogen-bond donors (Lipinski definition) is 1. The van der Waals surface area contributed by atoms with E-state index in [0.29, 0.717) is 22.3 Å². The van der Waals surface area contributed by atoms with Crippen molar-refractivity contribution in [2.24, 2.45) is 0 Å². The Balaban J connectivity index is 1.50. The fourth-order valence-electron chi connectivity index (χ4n) is 2.07. The van der Waals surface area contributed by atoms with Crippen molar-refractivity contribution < 1.29 is 4.79 Å². The normalized spacial score (nSPS) is 10.4. The van der Waals surface area contributed by atoms with E-state index in [1.54, 1.807) is 12.3 Å².